The molecule has 0 aliphatic heterocycles. The summed E-state index contributed by atoms with van der Waals surface area (Å²) in [5.74, 6) is 0.822. The molecular formula is C17H18N2OS. The standard InChI is InChI=1S/C17H18N2OS/c1-18-9-8-16(17-7-4-10-21-17)20-14-11-13-5-2-3-6-15(13)19-12-14/h2-7,10-12,16,18H,8-9H2,1H3/t16-/m1/s1. The largest absolute Gasteiger partial charge is 0.483 e. The quantitative estimate of drug-likeness (QED) is 0.746. The molecule has 0 spiro atoms. The molecule has 0 amide bonds. The highest BCUT2D eigenvalue weighted by Crippen LogP contribution is 2.28. The predicted octanol–water partition coefficient (Wildman–Crippen LogP) is 4.03. The van der Waals surface area contributed by atoms with Gasteiger partial charge in [0.1, 0.15) is 11.9 Å². The molecule has 0 aliphatic rings. The fourth-order valence-electron chi connectivity index (χ4n) is 2.29. The molecule has 0 saturated heterocycles. The second-order valence-electron chi connectivity index (χ2n) is 4.88. The van der Waals surface area contributed by atoms with Crippen molar-refractivity contribution >= 4 is 22.2 Å². The second-order valence-corrected chi connectivity index (χ2v) is 5.86. The molecule has 4 heteroatoms. The Morgan fingerprint density at radius 1 is 1.24 bits per heavy atom. The van der Waals surface area contributed by atoms with Crippen LogP contribution in [0, 0.1) is 0 Å². The summed E-state index contributed by atoms with van der Waals surface area (Å²) >= 11 is 1.73. The van der Waals surface area contributed by atoms with E-state index in [-0.39, 0.29) is 6.10 Å². The average Bonchev–Trinajstić information content (AvgIpc) is 3.05. The van der Waals surface area contributed by atoms with Gasteiger partial charge in [0.15, 0.2) is 0 Å². The number of aromatic nitrogens is 1. The number of ether oxygens (including phenoxy) is 1. The van der Waals surface area contributed by atoms with Gasteiger partial charge in [-0.15, -0.1) is 11.3 Å². The van der Waals surface area contributed by atoms with E-state index >= 15 is 0 Å². The summed E-state index contributed by atoms with van der Waals surface area (Å²) in [5.41, 5.74) is 0.993. The van der Waals surface area contributed by atoms with E-state index in [0.717, 1.165) is 29.6 Å². The zero-order valence-electron chi connectivity index (χ0n) is 12.0. The van der Waals surface area contributed by atoms with Crippen molar-refractivity contribution in [2.24, 2.45) is 0 Å². The van der Waals surface area contributed by atoms with Gasteiger partial charge in [0.05, 0.1) is 11.7 Å². The first-order valence-corrected chi connectivity index (χ1v) is 7.94. The van der Waals surface area contributed by atoms with E-state index in [1.807, 2.05) is 31.4 Å². The summed E-state index contributed by atoms with van der Waals surface area (Å²) in [4.78, 5) is 5.71. The van der Waals surface area contributed by atoms with Crippen molar-refractivity contribution in [2.75, 3.05) is 13.6 Å². The molecule has 3 nitrogen and oxygen atoms in total. The third-order valence-corrected chi connectivity index (χ3v) is 4.33. The Hall–Kier alpha value is -1.91. The molecule has 3 aromatic rings. The van der Waals surface area contributed by atoms with Crippen molar-refractivity contribution in [3.05, 3.63) is 58.9 Å². The van der Waals surface area contributed by atoms with E-state index in [4.69, 9.17) is 4.74 Å². The number of benzene rings is 1. The van der Waals surface area contributed by atoms with Crippen molar-refractivity contribution in [3.63, 3.8) is 0 Å². The lowest BCUT2D eigenvalue weighted by molar-refractivity contribution is 0.198. The highest BCUT2D eigenvalue weighted by Gasteiger charge is 2.14. The van der Waals surface area contributed by atoms with Gasteiger partial charge in [-0.05, 0) is 37.2 Å². The lowest BCUT2D eigenvalue weighted by Crippen LogP contribution is -2.15. The minimum atomic E-state index is 0.0698. The third-order valence-electron chi connectivity index (χ3n) is 3.36. The van der Waals surface area contributed by atoms with Crippen molar-refractivity contribution < 1.29 is 4.74 Å². The van der Waals surface area contributed by atoms with Gasteiger partial charge in [-0.25, -0.2) is 0 Å². The highest BCUT2D eigenvalue weighted by molar-refractivity contribution is 7.10. The predicted molar refractivity (Wildman–Crippen MR) is 88.0 cm³/mol. The summed E-state index contributed by atoms with van der Waals surface area (Å²) in [6, 6.07) is 14.3. The number of nitrogens with one attached hydrogen (secondary N) is 1. The lowest BCUT2D eigenvalue weighted by Gasteiger charge is -2.18. The Balaban J connectivity index is 1.83. The van der Waals surface area contributed by atoms with Crippen LogP contribution in [0.25, 0.3) is 10.9 Å². The Morgan fingerprint density at radius 2 is 2.14 bits per heavy atom. The smallest absolute Gasteiger partial charge is 0.139 e. The molecule has 0 saturated carbocycles. The van der Waals surface area contributed by atoms with E-state index in [1.54, 1.807) is 11.3 Å². The molecule has 0 fully saturated rings. The van der Waals surface area contributed by atoms with Crippen LogP contribution in [-0.4, -0.2) is 18.6 Å². The molecule has 1 N–H and O–H groups in total. The maximum atomic E-state index is 6.18. The van der Waals surface area contributed by atoms with Crippen molar-refractivity contribution in [3.8, 4) is 5.75 Å². The minimum absolute atomic E-state index is 0.0698. The summed E-state index contributed by atoms with van der Waals surface area (Å²) in [5, 5.41) is 6.38. The van der Waals surface area contributed by atoms with Gasteiger partial charge in [0.2, 0.25) is 0 Å². The molecule has 0 radical (unpaired) electrons. The average molecular weight is 298 g/mol. The van der Waals surface area contributed by atoms with Gasteiger partial charge in [0.25, 0.3) is 0 Å². The second kappa shape index (κ2) is 6.70. The number of pyridine rings is 1. The molecule has 108 valence electrons. The van der Waals surface area contributed by atoms with Crippen LogP contribution in [0.2, 0.25) is 0 Å². The summed E-state index contributed by atoms with van der Waals surface area (Å²) in [7, 11) is 1.96. The maximum absolute atomic E-state index is 6.18. The molecule has 21 heavy (non-hydrogen) atoms. The Bertz CT molecular complexity index is 697. The van der Waals surface area contributed by atoms with E-state index in [1.165, 1.54) is 4.88 Å². The molecule has 0 aliphatic carbocycles. The van der Waals surface area contributed by atoms with Gasteiger partial charge in [-0.2, -0.15) is 0 Å². The molecule has 0 bridgehead atoms. The minimum Gasteiger partial charge on any atom is -0.483 e. The van der Waals surface area contributed by atoms with E-state index in [2.05, 4.69) is 39.9 Å². The zero-order valence-corrected chi connectivity index (χ0v) is 12.8. The van der Waals surface area contributed by atoms with Crippen LogP contribution in [0.3, 0.4) is 0 Å². The van der Waals surface area contributed by atoms with Crippen LogP contribution < -0.4 is 10.1 Å². The number of fused-ring (bicyclic) bond motifs is 1. The fourth-order valence-corrected chi connectivity index (χ4v) is 3.08. The van der Waals surface area contributed by atoms with Gasteiger partial charge in [0, 0.05) is 16.7 Å². The van der Waals surface area contributed by atoms with Crippen LogP contribution in [0.15, 0.2) is 54.0 Å². The van der Waals surface area contributed by atoms with Gasteiger partial charge >= 0.3 is 0 Å². The van der Waals surface area contributed by atoms with Gasteiger partial charge in [-0.3, -0.25) is 4.98 Å². The van der Waals surface area contributed by atoms with Gasteiger partial charge in [-0.1, -0.05) is 24.3 Å². The number of thiophene rings is 1. The molecular weight excluding hydrogens is 280 g/mol. The van der Waals surface area contributed by atoms with Crippen molar-refractivity contribution in [1.29, 1.82) is 0 Å². The monoisotopic (exact) mass is 298 g/mol. The zero-order chi connectivity index (χ0) is 14.5. The molecule has 3 rings (SSSR count). The van der Waals surface area contributed by atoms with Crippen LogP contribution in [-0.2, 0) is 0 Å². The van der Waals surface area contributed by atoms with Crippen LogP contribution in [0.5, 0.6) is 5.75 Å². The van der Waals surface area contributed by atoms with E-state index in [0.29, 0.717) is 0 Å². The summed E-state index contributed by atoms with van der Waals surface area (Å²) in [6.07, 6.45) is 2.81. The number of para-hydroxylation sites is 1. The topological polar surface area (TPSA) is 34.1 Å². The molecule has 1 aromatic carbocycles. The van der Waals surface area contributed by atoms with E-state index < -0.39 is 0 Å². The molecule has 1 atom stereocenters. The lowest BCUT2D eigenvalue weighted by atomic mass is 10.2. The van der Waals surface area contributed by atoms with Crippen LogP contribution in [0.4, 0.5) is 0 Å². The Labute approximate surface area is 128 Å². The third kappa shape index (κ3) is 3.40. The molecule has 0 unspecified atom stereocenters. The first-order chi connectivity index (χ1) is 10.4. The number of rotatable bonds is 6. The molecule has 2 heterocycles. The molecule has 2 aromatic heterocycles. The summed E-state index contributed by atoms with van der Waals surface area (Å²) < 4.78 is 6.18. The number of hydrogen-bond acceptors (Lipinski definition) is 4. The maximum Gasteiger partial charge on any atom is 0.139 e. The first-order valence-electron chi connectivity index (χ1n) is 7.06. The SMILES string of the molecule is CNCC[C@@H](Oc1cnc2ccccc2c1)c1cccs1. The fraction of sp³-hybridized carbons (Fsp3) is 0.235. The first kappa shape index (κ1) is 14.0. The van der Waals surface area contributed by atoms with Gasteiger partial charge < -0.3 is 10.1 Å². The normalized spacial score (nSPS) is 12.4. The number of hydrogen-bond donors (Lipinski definition) is 1. The number of nitrogens with zero attached hydrogens (tertiary/aromatic N) is 1. The van der Waals surface area contributed by atoms with Crippen molar-refractivity contribution in [2.45, 2.75) is 12.5 Å². The summed E-state index contributed by atoms with van der Waals surface area (Å²) in [6.45, 7) is 0.920. The van der Waals surface area contributed by atoms with Crippen LogP contribution >= 0.6 is 11.3 Å². The Kier molecular flexibility index (Phi) is 4.48. The Morgan fingerprint density at radius 3 is 2.95 bits per heavy atom. The van der Waals surface area contributed by atoms with E-state index in [9.17, 15) is 0 Å². The van der Waals surface area contributed by atoms with Crippen LogP contribution in [0.1, 0.15) is 17.4 Å². The highest BCUT2D eigenvalue weighted by atomic mass is 32.1. The van der Waals surface area contributed by atoms with Crippen molar-refractivity contribution in [1.82, 2.24) is 10.3 Å².